The summed E-state index contributed by atoms with van der Waals surface area (Å²) in [7, 11) is 0. The van der Waals surface area contributed by atoms with Crippen LogP contribution < -0.4 is 0 Å². The number of alkyl halides is 3. The van der Waals surface area contributed by atoms with E-state index in [9.17, 15) is 23.1 Å². The third-order valence-corrected chi connectivity index (χ3v) is 2.93. The topological polar surface area (TPSA) is 50.4 Å². The Bertz CT molecular complexity index is 605. The van der Waals surface area contributed by atoms with E-state index in [2.05, 4.69) is 0 Å². The Balaban J connectivity index is 2.39. The number of aromatic hydroxyl groups is 1. The number of hydrogen-bond acceptors (Lipinski definition) is 4. The van der Waals surface area contributed by atoms with Crippen LogP contribution >= 0.6 is 11.8 Å². The highest BCUT2D eigenvalue weighted by atomic mass is 32.2. The van der Waals surface area contributed by atoms with Crippen LogP contribution in [-0.4, -0.2) is 16.9 Å². The number of rotatable bonds is 3. The molecule has 0 aliphatic carbocycles. The summed E-state index contributed by atoms with van der Waals surface area (Å²) >= 11 is -0.291. The zero-order chi connectivity index (χ0) is 14.0. The number of furan rings is 1. The molecular weight excluding hydrogens is 281 g/mol. The maximum Gasteiger partial charge on any atom is 0.446 e. The lowest BCUT2D eigenvalue weighted by Gasteiger charge is -2.07. The van der Waals surface area contributed by atoms with Crippen LogP contribution in [0.5, 0.6) is 5.75 Å². The van der Waals surface area contributed by atoms with E-state index in [4.69, 9.17) is 4.42 Å². The lowest BCUT2D eigenvalue weighted by molar-refractivity contribution is -0.0328. The summed E-state index contributed by atoms with van der Waals surface area (Å²) in [5, 5.41) is 9.63. The number of thioether (sulfide) groups is 1. The first-order valence-corrected chi connectivity index (χ1v) is 5.85. The lowest BCUT2D eigenvalue weighted by Crippen LogP contribution is -1.98. The van der Waals surface area contributed by atoms with E-state index < -0.39 is 5.51 Å². The maximum absolute atomic E-state index is 12.3. The highest BCUT2D eigenvalue weighted by molar-refractivity contribution is 8.00. The van der Waals surface area contributed by atoms with Gasteiger partial charge in [-0.15, -0.1) is 0 Å². The second-order valence-corrected chi connectivity index (χ2v) is 4.69. The first-order valence-electron chi connectivity index (χ1n) is 5.03. The van der Waals surface area contributed by atoms with Crippen molar-refractivity contribution in [2.24, 2.45) is 0 Å². The van der Waals surface area contributed by atoms with Crippen molar-refractivity contribution in [3.8, 4) is 17.1 Å². The molecule has 0 amide bonds. The largest absolute Gasteiger partial charge is 0.507 e. The van der Waals surface area contributed by atoms with Gasteiger partial charge in [0.2, 0.25) is 0 Å². The molecule has 0 aliphatic heterocycles. The van der Waals surface area contributed by atoms with Crippen molar-refractivity contribution in [3.05, 3.63) is 36.1 Å². The average Bonchev–Trinajstić information content (AvgIpc) is 2.78. The van der Waals surface area contributed by atoms with Crippen LogP contribution in [0.4, 0.5) is 13.2 Å². The van der Waals surface area contributed by atoms with Gasteiger partial charge in [0, 0.05) is 4.90 Å². The number of carbonyl (C=O) groups is 1. The van der Waals surface area contributed by atoms with Crippen LogP contribution in [-0.2, 0) is 0 Å². The number of carbonyl (C=O) groups excluding carboxylic acids is 1. The molecule has 0 radical (unpaired) electrons. The van der Waals surface area contributed by atoms with E-state index >= 15 is 0 Å². The quantitative estimate of drug-likeness (QED) is 0.683. The van der Waals surface area contributed by atoms with Crippen molar-refractivity contribution in [1.29, 1.82) is 0 Å². The SMILES string of the molecule is O=Cc1ccc(-c2cc(SC(F)(F)F)ccc2O)o1. The van der Waals surface area contributed by atoms with E-state index in [1.165, 1.54) is 12.1 Å². The van der Waals surface area contributed by atoms with E-state index in [0.29, 0.717) is 6.29 Å². The monoisotopic (exact) mass is 288 g/mol. The number of phenolic OH excluding ortho intramolecular Hbond substituents is 1. The zero-order valence-corrected chi connectivity index (χ0v) is 10.1. The highest BCUT2D eigenvalue weighted by Crippen LogP contribution is 2.40. The molecule has 0 spiro atoms. The summed E-state index contributed by atoms with van der Waals surface area (Å²) in [5.41, 5.74) is -4.31. The Labute approximate surface area is 110 Å². The van der Waals surface area contributed by atoms with Crippen LogP contribution in [0.2, 0.25) is 0 Å². The molecule has 0 fully saturated rings. The van der Waals surface area contributed by atoms with Gasteiger partial charge in [-0.25, -0.2) is 0 Å². The summed E-state index contributed by atoms with van der Waals surface area (Å²) < 4.78 is 41.9. The van der Waals surface area contributed by atoms with Crippen LogP contribution in [0.1, 0.15) is 10.6 Å². The van der Waals surface area contributed by atoms with Gasteiger partial charge >= 0.3 is 5.51 Å². The molecule has 2 rings (SSSR count). The van der Waals surface area contributed by atoms with Crippen molar-refractivity contribution in [1.82, 2.24) is 0 Å². The number of phenols is 1. The number of hydrogen-bond donors (Lipinski definition) is 1. The molecule has 1 N–H and O–H groups in total. The van der Waals surface area contributed by atoms with E-state index in [-0.39, 0.29) is 39.5 Å². The normalized spacial score (nSPS) is 11.5. The van der Waals surface area contributed by atoms with Crippen molar-refractivity contribution in [2.45, 2.75) is 10.4 Å². The fraction of sp³-hybridized carbons (Fsp3) is 0.0833. The van der Waals surface area contributed by atoms with Crippen molar-refractivity contribution in [2.75, 3.05) is 0 Å². The fourth-order valence-electron chi connectivity index (χ4n) is 1.47. The minimum atomic E-state index is -4.41. The van der Waals surface area contributed by atoms with E-state index in [0.717, 1.165) is 18.2 Å². The molecule has 1 aromatic heterocycles. The summed E-state index contributed by atoms with van der Waals surface area (Å²) in [5.74, 6) is -0.0641. The maximum atomic E-state index is 12.3. The molecule has 0 saturated heterocycles. The number of halogens is 3. The Morgan fingerprint density at radius 2 is 1.95 bits per heavy atom. The molecule has 0 saturated carbocycles. The zero-order valence-electron chi connectivity index (χ0n) is 9.27. The second-order valence-electron chi connectivity index (χ2n) is 3.55. The van der Waals surface area contributed by atoms with Gasteiger partial charge in [-0.1, -0.05) is 0 Å². The fourth-order valence-corrected chi connectivity index (χ4v) is 2.05. The molecule has 0 unspecified atom stereocenters. The molecule has 1 aromatic carbocycles. The first kappa shape index (κ1) is 13.5. The van der Waals surface area contributed by atoms with Gasteiger partial charge < -0.3 is 9.52 Å². The van der Waals surface area contributed by atoms with Crippen molar-refractivity contribution < 1.29 is 27.5 Å². The van der Waals surface area contributed by atoms with Gasteiger partial charge in [-0.3, -0.25) is 4.79 Å². The summed E-state index contributed by atoms with van der Waals surface area (Å²) in [6, 6.07) is 6.22. The molecule has 1 heterocycles. The van der Waals surface area contributed by atoms with Gasteiger partial charge in [0.15, 0.2) is 12.0 Å². The predicted molar refractivity (Wildman–Crippen MR) is 63.1 cm³/mol. The molecule has 19 heavy (non-hydrogen) atoms. The predicted octanol–water partition coefficient (Wildman–Crippen LogP) is 4.08. The van der Waals surface area contributed by atoms with Crippen LogP contribution in [0.3, 0.4) is 0 Å². The minimum Gasteiger partial charge on any atom is -0.507 e. The Kier molecular flexibility index (Phi) is 3.57. The van der Waals surface area contributed by atoms with E-state index in [1.807, 2.05) is 0 Å². The molecular formula is C12H7F3O3S. The number of aldehydes is 1. The average molecular weight is 288 g/mol. The van der Waals surface area contributed by atoms with Crippen LogP contribution in [0, 0.1) is 0 Å². The highest BCUT2D eigenvalue weighted by Gasteiger charge is 2.29. The minimum absolute atomic E-state index is 0.0308. The molecule has 2 aromatic rings. The summed E-state index contributed by atoms with van der Waals surface area (Å²) in [6.45, 7) is 0. The van der Waals surface area contributed by atoms with Gasteiger partial charge in [-0.05, 0) is 42.1 Å². The summed E-state index contributed by atoms with van der Waals surface area (Å²) in [6.07, 6.45) is 0.467. The third-order valence-electron chi connectivity index (χ3n) is 2.21. The molecule has 0 atom stereocenters. The summed E-state index contributed by atoms with van der Waals surface area (Å²) in [4.78, 5) is 10.4. The molecule has 7 heteroatoms. The van der Waals surface area contributed by atoms with Gasteiger partial charge in [0.25, 0.3) is 0 Å². The van der Waals surface area contributed by atoms with Crippen LogP contribution in [0.25, 0.3) is 11.3 Å². The molecule has 0 aliphatic rings. The third kappa shape index (κ3) is 3.31. The molecule has 100 valence electrons. The standard InChI is InChI=1S/C12H7F3O3S/c13-12(14,15)19-8-2-3-10(17)9(5-8)11-4-1-7(6-16)18-11/h1-6,17H. The lowest BCUT2D eigenvalue weighted by atomic mass is 10.1. The van der Waals surface area contributed by atoms with E-state index in [1.54, 1.807) is 0 Å². The van der Waals surface area contributed by atoms with Crippen molar-refractivity contribution >= 4 is 18.0 Å². The Hall–Kier alpha value is -1.89. The smallest absolute Gasteiger partial charge is 0.446 e. The van der Waals surface area contributed by atoms with Gasteiger partial charge in [0.1, 0.15) is 11.5 Å². The molecule has 3 nitrogen and oxygen atoms in total. The Morgan fingerprint density at radius 1 is 1.21 bits per heavy atom. The second kappa shape index (κ2) is 5.00. The van der Waals surface area contributed by atoms with Crippen LogP contribution in [0.15, 0.2) is 39.6 Å². The number of benzene rings is 1. The Morgan fingerprint density at radius 3 is 2.53 bits per heavy atom. The van der Waals surface area contributed by atoms with Gasteiger partial charge in [0.05, 0.1) is 5.56 Å². The first-order chi connectivity index (χ1) is 8.89. The van der Waals surface area contributed by atoms with Crippen molar-refractivity contribution in [3.63, 3.8) is 0 Å². The molecule has 0 bridgehead atoms. The van der Waals surface area contributed by atoms with Gasteiger partial charge in [-0.2, -0.15) is 13.2 Å².